The Bertz CT molecular complexity index is 163. The number of allylic oxidation sites excluding steroid dienone is 2. The molecule has 0 aromatic heterocycles. The molecule has 0 amide bonds. The highest BCUT2D eigenvalue weighted by Gasteiger charge is 2.16. The summed E-state index contributed by atoms with van der Waals surface area (Å²) >= 11 is 0. The molecule has 1 aliphatic rings. The SMILES string of the molecule is NCCC(=O)C1CC=CCC1. The summed E-state index contributed by atoms with van der Waals surface area (Å²) in [5.41, 5.74) is 5.30. The molecule has 0 saturated heterocycles. The Kier molecular flexibility index (Phi) is 3.30. The third kappa shape index (κ3) is 2.46. The van der Waals surface area contributed by atoms with E-state index in [1.807, 2.05) is 0 Å². The minimum absolute atomic E-state index is 0.267. The quantitative estimate of drug-likeness (QED) is 0.620. The normalized spacial score (nSPS) is 23.5. The predicted octanol–water partition coefficient (Wildman–Crippen LogP) is 1.26. The Morgan fingerprint density at radius 3 is 2.91 bits per heavy atom. The van der Waals surface area contributed by atoms with E-state index >= 15 is 0 Å². The summed E-state index contributed by atoms with van der Waals surface area (Å²) in [6.07, 6.45) is 7.81. The Balaban J connectivity index is 2.34. The number of nitrogens with two attached hydrogens (primary N) is 1. The third-order valence-electron chi connectivity index (χ3n) is 2.12. The molecule has 0 aromatic carbocycles. The molecule has 1 rings (SSSR count). The minimum atomic E-state index is 0.267. The maximum atomic E-state index is 11.3. The second-order valence-electron chi connectivity index (χ2n) is 2.99. The Hall–Kier alpha value is -0.630. The van der Waals surface area contributed by atoms with E-state index in [1.165, 1.54) is 0 Å². The second-order valence-corrected chi connectivity index (χ2v) is 2.99. The highest BCUT2D eigenvalue weighted by atomic mass is 16.1. The Morgan fingerprint density at radius 1 is 1.55 bits per heavy atom. The lowest BCUT2D eigenvalue weighted by Gasteiger charge is -2.15. The number of carbonyl (C=O) groups excluding carboxylic acids is 1. The second kappa shape index (κ2) is 4.29. The van der Waals surface area contributed by atoms with Gasteiger partial charge < -0.3 is 5.73 Å². The zero-order chi connectivity index (χ0) is 8.10. The number of carbonyl (C=O) groups is 1. The van der Waals surface area contributed by atoms with Crippen LogP contribution in [-0.4, -0.2) is 12.3 Å². The molecule has 11 heavy (non-hydrogen) atoms. The fraction of sp³-hybridized carbons (Fsp3) is 0.667. The molecule has 62 valence electrons. The molecule has 1 unspecified atom stereocenters. The van der Waals surface area contributed by atoms with Crippen molar-refractivity contribution in [2.45, 2.75) is 25.7 Å². The molecule has 0 aromatic rings. The van der Waals surface area contributed by atoms with Crippen LogP contribution in [0.1, 0.15) is 25.7 Å². The monoisotopic (exact) mass is 153 g/mol. The molecule has 1 aliphatic carbocycles. The molecule has 2 nitrogen and oxygen atoms in total. The molecule has 0 saturated carbocycles. The smallest absolute Gasteiger partial charge is 0.137 e. The van der Waals surface area contributed by atoms with E-state index in [0.717, 1.165) is 19.3 Å². The van der Waals surface area contributed by atoms with Gasteiger partial charge in [-0.25, -0.2) is 0 Å². The average molecular weight is 153 g/mol. The summed E-state index contributed by atoms with van der Waals surface area (Å²) in [7, 11) is 0. The van der Waals surface area contributed by atoms with Crippen molar-refractivity contribution in [3.05, 3.63) is 12.2 Å². The van der Waals surface area contributed by atoms with Gasteiger partial charge in [-0.2, -0.15) is 0 Å². The molecule has 0 bridgehead atoms. The van der Waals surface area contributed by atoms with Crippen molar-refractivity contribution < 1.29 is 4.79 Å². The van der Waals surface area contributed by atoms with Crippen LogP contribution in [0.4, 0.5) is 0 Å². The van der Waals surface area contributed by atoms with Crippen molar-refractivity contribution in [3.63, 3.8) is 0 Å². The van der Waals surface area contributed by atoms with Crippen LogP contribution in [-0.2, 0) is 4.79 Å². The Labute approximate surface area is 67.5 Å². The van der Waals surface area contributed by atoms with Crippen LogP contribution >= 0.6 is 0 Å². The predicted molar refractivity (Wildman–Crippen MR) is 45.2 cm³/mol. The molecule has 0 aliphatic heterocycles. The largest absolute Gasteiger partial charge is 0.330 e. The van der Waals surface area contributed by atoms with Gasteiger partial charge in [0.05, 0.1) is 0 Å². The standard InChI is InChI=1S/C9H15NO/c10-7-6-9(11)8-4-2-1-3-5-8/h1-2,8H,3-7,10H2. The fourth-order valence-electron chi connectivity index (χ4n) is 1.43. The number of rotatable bonds is 3. The minimum Gasteiger partial charge on any atom is -0.330 e. The summed E-state index contributed by atoms with van der Waals surface area (Å²) < 4.78 is 0. The van der Waals surface area contributed by atoms with Crippen LogP contribution in [0.3, 0.4) is 0 Å². The van der Waals surface area contributed by atoms with Crippen LogP contribution in [0.5, 0.6) is 0 Å². The van der Waals surface area contributed by atoms with Gasteiger partial charge >= 0.3 is 0 Å². The van der Waals surface area contributed by atoms with Gasteiger partial charge in [0.1, 0.15) is 5.78 Å². The molecule has 2 N–H and O–H groups in total. The summed E-state index contributed by atoms with van der Waals surface area (Å²) in [6.45, 7) is 0.499. The zero-order valence-electron chi connectivity index (χ0n) is 6.75. The van der Waals surface area contributed by atoms with Crippen LogP contribution < -0.4 is 5.73 Å². The van der Waals surface area contributed by atoms with Gasteiger partial charge in [0.15, 0.2) is 0 Å². The van der Waals surface area contributed by atoms with Crippen LogP contribution in [0.15, 0.2) is 12.2 Å². The van der Waals surface area contributed by atoms with Crippen LogP contribution in [0.2, 0.25) is 0 Å². The summed E-state index contributed by atoms with van der Waals surface area (Å²) in [4.78, 5) is 11.3. The highest BCUT2D eigenvalue weighted by Crippen LogP contribution is 2.19. The number of Topliss-reactive ketones (excluding diaryl/α,β-unsaturated/α-hetero) is 1. The lowest BCUT2D eigenvalue weighted by Crippen LogP contribution is -2.18. The van der Waals surface area contributed by atoms with E-state index in [1.54, 1.807) is 0 Å². The zero-order valence-corrected chi connectivity index (χ0v) is 6.75. The van der Waals surface area contributed by atoms with Crippen LogP contribution in [0.25, 0.3) is 0 Å². The van der Waals surface area contributed by atoms with Gasteiger partial charge in [0.25, 0.3) is 0 Å². The maximum Gasteiger partial charge on any atom is 0.137 e. The van der Waals surface area contributed by atoms with Gasteiger partial charge in [-0.05, 0) is 25.8 Å². The summed E-state index contributed by atoms with van der Waals surface area (Å²) in [5, 5.41) is 0. The lowest BCUT2D eigenvalue weighted by molar-refractivity contribution is -0.122. The number of ketones is 1. The van der Waals surface area contributed by atoms with Gasteiger partial charge in [-0.15, -0.1) is 0 Å². The van der Waals surface area contributed by atoms with Gasteiger partial charge in [-0.1, -0.05) is 12.2 Å². The van der Waals surface area contributed by atoms with E-state index in [9.17, 15) is 4.79 Å². The van der Waals surface area contributed by atoms with Crippen LogP contribution in [0, 0.1) is 5.92 Å². The van der Waals surface area contributed by atoms with Crippen molar-refractivity contribution >= 4 is 5.78 Å². The lowest BCUT2D eigenvalue weighted by atomic mass is 9.89. The van der Waals surface area contributed by atoms with Gasteiger partial charge in [0.2, 0.25) is 0 Å². The molecule has 2 heteroatoms. The molecular weight excluding hydrogens is 138 g/mol. The van der Waals surface area contributed by atoms with Gasteiger partial charge in [-0.3, -0.25) is 4.79 Å². The van der Waals surface area contributed by atoms with Crippen molar-refractivity contribution in [1.82, 2.24) is 0 Å². The average Bonchev–Trinajstić information content (AvgIpc) is 2.07. The fourth-order valence-corrected chi connectivity index (χ4v) is 1.43. The Morgan fingerprint density at radius 2 is 2.36 bits per heavy atom. The van der Waals surface area contributed by atoms with Crippen molar-refractivity contribution in [1.29, 1.82) is 0 Å². The highest BCUT2D eigenvalue weighted by molar-refractivity contribution is 5.81. The first-order valence-corrected chi connectivity index (χ1v) is 4.22. The molecule has 0 heterocycles. The molecule has 1 atom stereocenters. The first-order chi connectivity index (χ1) is 5.34. The van der Waals surface area contributed by atoms with E-state index in [4.69, 9.17) is 5.73 Å². The topological polar surface area (TPSA) is 43.1 Å². The first-order valence-electron chi connectivity index (χ1n) is 4.22. The maximum absolute atomic E-state index is 11.3. The summed E-state index contributed by atoms with van der Waals surface area (Å²) in [6, 6.07) is 0. The van der Waals surface area contributed by atoms with E-state index < -0.39 is 0 Å². The van der Waals surface area contributed by atoms with Crippen molar-refractivity contribution in [2.75, 3.05) is 6.54 Å². The van der Waals surface area contributed by atoms with Crippen molar-refractivity contribution in [2.24, 2.45) is 11.7 Å². The number of hydrogen-bond acceptors (Lipinski definition) is 2. The molecule has 0 spiro atoms. The van der Waals surface area contributed by atoms with Crippen molar-refractivity contribution in [3.8, 4) is 0 Å². The summed E-state index contributed by atoms with van der Waals surface area (Å²) in [5.74, 6) is 0.611. The van der Waals surface area contributed by atoms with E-state index in [-0.39, 0.29) is 5.92 Å². The molecule has 0 fully saturated rings. The number of hydrogen-bond donors (Lipinski definition) is 1. The van der Waals surface area contributed by atoms with Gasteiger partial charge in [0, 0.05) is 12.3 Å². The van der Waals surface area contributed by atoms with E-state index in [2.05, 4.69) is 12.2 Å². The molecular formula is C9H15NO. The molecule has 0 radical (unpaired) electrons. The first kappa shape index (κ1) is 8.47. The van der Waals surface area contributed by atoms with E-state index in [0.29, 0.717) is 18.7 Å². The third-order valence-corrected chi connectivity index (χ3v) is 2.12.